The lowest BCUT2D eigenvalue weighted by Gasteiger charge is -2.31. The van der Waals surface area contributed by atoms with Crippen LogP contribution in [-0.2, 0) is 9.53 Å². The molecule has 1 heterocycles. The summed E-state index contributed by atoms with van der Waals surface area (Å²) in [5.74, 6) is 0.894. The number of nitrogens with one attached hydrogen (secondary N) is 1. The van der Waals surface area contributed by atoms with Crippen molar-refractivity contribution in [3.8, 4) is 11.5 Å². The highest BCUT2D eigenvalue weighted by atomic mass is 16.5. The predicted octanol–water partition coefficient (Wildman–Crippen LogP) is 2.51. The van der Waals surface area contributed by atoms with Gasteiger partial charge >= 0.3 is 12.0 Å². The number of amides is 2. The molecule has 1 aliphatic heterocycles. The average molecular weight is 336 g/mol. The molecule has 1 fully saturated rings. The van der Waals surface area contributed by atoms with E-state index in [0.717, 1.165) is 0 Å². The molecule has 0 saturated carbocycles. The highest BCUT2D eigenvalue weighted by Gasteiger charge is 2.28. The van der Waals surface area contributed by atoms with Crippen LogP contribution in [0.2, 0.25) is 0 Å². The van der Waals surface area contributed by atoms with Crippen LogP contribution < -0.4 is 14.8 Å². The summed E-state index contributed by atoms with van der Waals surface area (Å²) in [5.41, 5.74) is 0.550. The molecule has 1 aromatic rings. The molecule has 0 unspecified atom stereocenters. The Balaban J connectivity index is 1.95. The fourth-order valence-electron chi connectivity index (χ4n) is 2.68. The standard InChI is InChI=1S/C17H24N2O5/c1-4-24-16(20)12-7-9-19(10-8-12)17(21)18-14-11-13(22-2)5-6-15(14)23-3/h5-6,11-12H,4,7-10H2,1-3H3,(H,18,21). The summed E-state index contributed by atoms with van der Waals surface area (Å²) in [6, 6.07) is 4.99. The first-order valence-electron chi connectivity index (χ1n) is 8.03. The summed E-state index contributed by atoms with van der Waals surface area (Å²) >= 11 is 0. The highest BCUT2D eigenvalue weighted by molar-refractivity contribution is 5.91. The van der Waals surface area contributed by atoms with Gasteiger partial charge in [0.05, 0.1) is 32.4 Å². The zero-order valence-corrected chi connectivity index (χ0v) is 14.3. The van der Waals surface area contributed by atoms with Crippen molar-refractivity contribution in [1.29, 1.82) is 0 Å². The molecule has 24 heavy (non-hydrogen) atoms. The molecular weight excluding hydrogens is 312 g/mol. The molecule has 132 valence electrons. The smallest absolute Gasteiger partial charge is 0.321 e. The molecule has 1 N–H and O–H groups in total. The maximum atomic E-state index is 12.4. The molecule has 1 aliphatic rings. The van der Waals surface area contributed by atoms with Gasteiger partial charge in [0.15, 0.2) is 0 Å². The fraction of sp³-hybridized carbons (Fsp3) is 0.529. The molecule has 1 aromatic carbocycles. The van der Waals surface area contributed by atoms with Crippen LogP contribution in [-0.4, -0.2) is 50.8 Å². The van der Waals surface area contributed by atoms with Gasteiger partial charge in [0.2, 0.25) is 0 Å². The third-order valence-electron chi connectivity index (χ3n) is 4.05. The largest absolute Gasteiger partial charge is 0.497 e. The van der Waals surface area contributed by atoms with Crippen LogP contribution in [0.25, 0.3) is 0 Å². The van der Waals surface area contributed by atoms with Crippen molar-refractivity contribution in [3.63, 3.8) is 0 Å². The number of rotatable bonds is 5. The molecule has 0 radical (unpaired) electrons. The van der Waals surface area contributed by atoms with Gasteiger partial charge in [-0.25, -0.2) is 4.79 Å². The second-order valence-corrected chi connectivity index (χ2v) is 5.51. The van der Waals surface area contributed by atoms with Crippen LogP contribution in [0.4, 0.5) is 10.5 Å². The second-order valence-electron chi connectivity index (χ2n) is 5.51. The molecule has 7 nitrogen and oxygen atoms in total. The van der Waals surface area contributed by atoms with E-state index in [2.05, 4.69) is 5.32 Å². The van der Waals surface area contributed by atoms with Crippen molar-refractivity contribution in [2.75, 3.05) is 39.2 Å². The van der Waals surface area contributed by atoms with Gasteiger partial charge in [0.1, 0.15) is 11.5 Å². The third-order valence-corrected chi connectivity index (χ3v) is 4.05. The van der Waals surface area contributed by atoms with Gasteiger partial charge in [0, 0.05) is 19.2 Å². The average Bonchev–Trinajstić information content (AvgIpc) is 2.62. The predicted molar refractivity (Wildman–Crippen MR) is 89.5 cm³/mol. The van der Waals surface area contributed by atoms with Crippen molar-refractivity contribution in [2.24, 2.45) is 5.92 Å². The molecule has 2 rings (SSSR count). The Morgan fingerprint density at radius 3 is 2.50 bits per heavy atom. The van der Waals surface area contributed by atoms with Crippen molar-refractivity contribution in [3.05, 3.63) is 18.2 Å². The number of methoxy groups -OCH3 is 2. The number of ether oxygens (including phenoxy) is 3. The van der Waals surface area contributed by atoms with Crippen LogP contribution >= 0.6 is 0 Å². The first-order chi connectivity index (χ1) is 11.6. The molecule has 7 heteroatoms. The minimum atomic E-state index is -0.219. The van der Waals surface area contributed by atoms with E-state index >= 15 is 0 Å². The number of anilines is 1. The third kappa shape index (κ3) is 4.31. The minimum absolute atomic E-state index is 0.125. The normalized spacial score (nSPS) is 14.9. The Kier molecular flexibility index (Phi) is 6.28. The van der Waals surface area contributed by atoms with Crippen molar-refractivity contribution in [1.82, 2.24) is 4.90 Å². The minimum Gasteiger partial charge on any atom is -0.497 e. The lowest BCUT2D eigenvalue weighted by Crippen LogP contribution is -2.42. The van der Waals surface area contributed by atoms with Gasteiger partial charge in [-0.2, -0.15) is 0 Å². The molecule has 0 aromatic heterocycles. The number of urea groups is 1. The number of hydrogen-bond acceptors (Lipinski definition) is 5. The van der Waals surface area contributed by atoms with Crippen LogP contribution in [0.1, 0.15) is 19.8 Å². The first-order valence-corrected chi connectivity index (χ1v) is 8.03. The van der Waals surface area contributed by atoms with E-state index in [4.69, 9.17) is 14.2 Å². The number of piperidine rings is 1. The zero-order valence-electron chi connectivity index (χ0n) is 14.3. The zero-order chi connectivity index (χ0) is 17.5. The van der Waals surface area contributed by atoms with Crippen molar-refractivity contribution < 1.29 is 23.8 Å². The molecule has 2 amide bonds. The topological polar surface area (TPSA) is 77.1 Å². The number of carbonyl (C=O) groups excluding carboxylic acids is 2. The Labute approximate surface area is 141 Å². The SMILES string of the molecule is CCOC(=O)C1CCN(C(=O)Nc2cc(OC)ccc2OC)CC1. The van der Waals surface area contributed by atoms with Crippen molar-refractivity contribution >= 4 is 17.7 Å². The lowest BCUT2D eigenvalue weighted by atomic mass is 9.97. The number of benzene rings is 1. The van der Waals surface area contributed by atoms with Gasteiger partial charge in [0.25, 0.3) is 0 Å². The van der Waals surface area contributed by atoms with Crippen LogP contribution in [0.3, 0.4) is 0 Å². The Bertz CT molecular complexity index is 582. The number of likely N-dealkylation sites (tertiary alicyclic amines) is 1. The van der Waals surface area contributed by atoms with Crippen LogP contribution in [0.15, 0.2) is 18.2 Å². The summed E-state index contributed by atoms with van der Waals surface area (Å²) in [6.07, 6.45) is 1.23. The second kappa shape index (κ2) is 8.42. The van der Waals surface area contributed by atoms with Gasteiger partial charge in [-0.05, 0) is 31.9 Å². The first kappa shape index (κ1) is 17.9. The summed E-state index contributed by atoms with van der Waals surface area (Å²) in [4.78, 5) is 25.9. The van der Waals surface area contributed by atoms with Crippen LogP contribution in [0.5, 0.6) is 11.5 Å². The van der Waals surface area contributed by atoms with E-state index in [-0.39, 0.29) is 17.9 Å². The maximum absolute atomic E-state index is 12.4. The lowest BCUT2D eigenvalue weighted by molar-refractivity contribution is -0.149. The van der Waals surface area contributed by atoms with E-state index in [1.54, 1.807) is 44.2 Å². The van der Waals surface area contributed by atoms with E-state index in [1.807, 2.05) is 0 Å². The quantitative estimate of drug-likeness (QED) is 0.836. The summed E-state index contributed by atoms with van der Waals surface area (Å²) in [5, 5.41) is 2.84. The van der Waals surface area contributed by atoms with E-state index in [1.165, 1.54) is 0 Å². The number of hydrogen-bond donors (Lipinski definition) is 1. The van der Waals surface area contributed by atoms with E-state index in [9.17, 15) is 9.59 Å². The Morgan fingerprint density at radius 1 is 1.21 bits per heavy atom. The molecule has 0 atom stereocenters. The summed E-state index contributed by atoms with van der Waals surface area (Å²) < 4.78 is 15.5. The number of nitrogens with zero attached hydrogens (tertiary/aromatic N) is 1. The monoisotopic (exact) mass is 336 g/mol. The molecular formula is C17H24N2O5. The number of carbonyl (C=O) groups is 2. The highest BCUT2D eigenvalue weighted by Crippen LogP contribution is 2.29. The molecule has 0 aliphatic carbocycles. The van der Waals surface area contributed by atoms with E-state index in [0.29, 0.717) is 49.7 Å². The Hall–Kier alpha value is -2.44. The molecule has 0 spiro atoms. The van der Waals surface area contributed by atoms with Gasteiger partial charge < -0.3 is 24.4 Å². The van der Waals surface area contributed by atoms with Crippen LogP contribution in [0, 0.1) is 5.92 Å². The maximum Gasteiger partial charge on any atom is 0.321 e. The Morgan fingerprint density at radius 2 is 1.92 bits per heavy atom. The molecule has 0 bridgehead atoms. The summed E-state index contributed by atoms with van der Waals surface area (Å²) in [6.45, 7) is 3.21. The van der Waals surface area contributed by atoms with E-state index < -0.39 is 0 Å². The summed E-state index contributed by atoms with van der Waals surface area (Å²) in [7, 11) is 3.11. The fourth-order valence-corrected chi connectivity index (χ4v) is 2.68. The van der Waals surface area contributed by atoms with Crippen molar-refractivity contribution in [2.45, 2.75) is 19.8 Å². The van der Waals surface area contributed by atoms with Gasteiger partial charge in [-0.3, -0.25) is 4.79 Å². The molecule has 1 saturated heterocycles. The number of esters is 1. The van der Waals surface area contributed by atoms with Gasteiger partial charge in [-0.15, -0.1) is 0 Å². The van der Waals surface area contributed by atoms with Gasteiger partial charge in [-0.1, -0.05) is 0 Å².